The second kappa shape index (κ2) is 7.27. The monoisotopic (exact) mass is 321 g/mol. The van der Waals surface area contributed by atoms with Crippen LogP contribution in [0.15, 0.2) is 42.5 Å². The van der Waals surface area contributed by atoms with Crippen LogP contribution in [0.2, 0.25) is 5.02 Å². The van der Waals surface area contributed by atoms with E-state index in [0.29, 0.717) is 17.3 Å². The van der Waals surface area contributed by atoms with E-state index >= 15 is 0 Å². The quantitative estimate of drug-likeness (QED) is 0.840. The van der Waals surface area contributed by atoms with Gasteiger partial charge in [-0.1, -0.05) is 23.7 Å². The molecule has 2 aromatic rings. The summed E-state index contributed by atoms with van der Waals surface area (Å²) >= 11 is 5.96. The molecule has 0 bridgehead atoms. The zero-order valence-corrected chi connectivity index (χ0v) is 13.2. The van der Waals surface area contributed by atoms with E-state index in [2.05, 4.69) is 0 Å². The first-order valence-electron chi connectivity index (χ1n) is 6.80. The van der Waals surface area contributed by atoms with Gasteiger partial charge in [0.25, 0.3) is 0 Å². The van der Waals surface area contributed by atoms with Crippen LogP contribution in [0.3, 0.4) is 0 Å². The molecule has 0 aromatic heterocycles. The molecule has 0 aliphatic carbocycles. The summed E-state index contributed by atoms with van der Waals surface area (Å²) in [5.74, 6) is 0.219. The number of likely N-dealkylation sites (N-methyl/N-ethyl adjacent to an activating group) is 1. The molecule has 5 heteroatoms. The van der Waals surface area contributed by atoms with Crippen molar-refractivity contribution in [3.63, 3.8) is 0 Å². The third-order valence-corrected chi connectivity index (χ3v) is 3.55. The van der Waals surface area contributed by atoms with Gasteiger partial charge in [0.1, 0.15) is 11.6 Å². The summed E-state index contributed by atoms with van der Waals surface area (Å²) < 4.78 is 18.4. The average molecular weight is 322 g/mol. The Morgan fingerprint density at radius 1 is 1.27 bits per heavy atom. The average Bonchev–Trinajstić information content (AvgIpc) is 2.47. The molecule has 0 radical (unpaired) electrons. The molecule has 2 aromatic carbocycles. The first-order chi connectivity index (χ1) is 10.5. The van der Waals surface area contributed by atoms with Gasteiger partial charge in [-0.05, 0) is 35.9 Å². The van der Waals surface area contributed by atoms with Gasteiger partial charge in [0.05, 0.1) is 13.5 Å². The standard InChI is InChI=1S/C17H17ClFNO2/c1-20(11-12-4-3-5-15(19)8-12)17(21)10-13-9-14(18)6-7-16(13)22-2/h3-9H,10-11H2,1-2H3. The van der Waals surface area contributed by atoms with Crippen molar-refractivity contribution in [2.24, 2.45) is 0 Å². The minimum absolute atomic E-state index is 0.0928. The highest BCUT2D eigenvalue weighted by molar-refractivity contribution is 6.30. The van der Waals surface area contributed by atoms with E-state index in [1.165, 1.54) is 12.1 Å². The summed E-state index contributed by atoms with van der Waals surface area (Å²) in [6.45, 7) is 0.347. The Morgan fingerprint density at radius 3 is 2.73 bits per heavy atom. The third kappa shape index (κ3) is 4.21. The van der Waals surface area contributed by atoms with E-state index in [9.17, 15) is 9.18 Å². The topological polar surface area (TPSA) is 29.5 Å². The first-order valence-corrected chi connectivity index (χ1v) is 7.18. The van der Waals surface area contributed by atoms with Crippen molar-refractivity contribution in [1.82, 2.24) is 4.90 Å². The molecule has 0 aliphatic heterocycles. The Balaban J connectivity index is 2.07. The SMILES string of the molecule is COc1ccc(Cl)cc1CC(=O)N(C)Cc1cccc(F)c1. The molecule has 0 unspecified atom stereocenters. The van der Waals surface area contributed by atoms with E-state index in [-0.39, 0.29) is 18.1 Å². The summed E-state index contributed by atoms with van der Waals surface area (Å²) in [5, 5.41) is 0.552. The molecule has 2 rings (SSSR count). The molecule has 1 amide bonds. The zero-order valence-electron chi connectivity index (χ0n) is 12.5. The fraction of sp³-hybridized carbons (Fsp3) is 0.235. The van der Waals surface area contributed by atoms with Crippen LogP contribution in [-0.2, 0) is 17.8 Å². The third-order valence-electron chi connectivity index (χ3n) is 3.32. The normalized spacial score (nSPS) is 10.4. The first kappa shape index (κ1) is 16.3. The predicted molar refractivity (Wildman–Crippen MR) is 84.6 cm³/mol. The van der Waals surface area contributed by atoms with Gasteiger partial charge in [-0.2, -0.15) is 0 Å². The van der Waals surface area contributed by atoms with Crippen LogP contribution in [0.1, 0.15) is 11.1 Å². The summed E-state index contributed by atoms with van der Waals surface area (Å²) in [7, 11) is 3.23. The van der Waals surface area contributed by atoms with Crippen molar-refractivity contribution in [2.45, 2.75) is 13.0 Å². The fourth-order valence-electron chi connectivity index (χ4n) is 2.18. The van der Waals surface area contributed by atoms with Crippen molar-refractivity contribution in [1.29, 1.82) is 0 Å². The number of nitrogens with zero attached hydrogens (tertiary/aromatic N) is 1. The molecule has 0 fully saturated rings. The van der Waals surface area contributed by atoms with Gasteiger partial charge in [0.15, 0.2) is 0 Å². The number of ether oxygens (including phenoxy) is 1. The maximum absolute atomic E-state index is 13.2. The number of amides is 1. The van der Waals surface area contributed by atoms with Crippen LogP contribution in [-0.4, -0.2) is 25.0 Å². The molecular weight excluding hydrogens is 305 g/mol. The highest BCUT2D eigenvalue weighted by atomic mass is 35.5. The van der Waals surface area contributed by atoms with Crippen molar-refractivity contribution in [3.05, 3.63) is 64.4 Å². The van der Waals surface area contributed by atoms with Crippen LogP contribution < -0.4 is 4.74 Å². The minimum Gasteiger partial charge on any atom is -0.496 e. The van der Waals surface area contributed by atoms with Gasteiger partial charge in [-0.25, -0.2) is 4.39 Å². The van der Waals surface area contributed by atoms with Crippen molar-refractivity contribution >= 4 is 17.5 Å². The van der Waals surface area contributed by atoms with E-state index in [4.69, 9.17) is 16.3 Å². The molecule has 0 atom stereocenters. The summed E-state index contributed by atoms with van der Waals surface area (Å²) in [5.41, 5.74) is 1.47. The summed E-state index contributed by atoms with van der Waals surface area (Å²) in [6, 6.07) is 11.4. The predicted octanol–water partition coefficient (Wildman–Crippen LogP) is 3.69. The largest absolute Gasteiger partial charge is 0.496 e. The number of hydrogen-bond donors (Lipinski definition) is 0. The minimum atomic E-state index is -0.310. The van der Waals surface area contributed by atoms with Crippen molar-refractivity contribution < 1.29 is 13.9 Å². The number of carbonyl (C=O) groups is 1. The Labute approximate surface area is 134 Å². The Bertz CT molecular complexity index is 675. The molecule has 0 heterocycles. The maximum Gasteiger partial charge on any atom is 0.227 e. The molecular formula is C17H17ClFNO2. The molecule has 116 valence electrons. The Hall–Kier alpha value is -2.07. The van der Waals surface area contributed by atoms with Gasteiger partial charge in [0.2, 0.25) is 5.91 Å². The van der Waals surface area contributed by atoms with Crippen LogP contribution in [0.25, 0.3) is 0 Å². The van der Waals surface area contributed by atoms with Crippen LogP contribution in [0, 0.1) is 5.82 Å². The maximum atomic E-state index is 13.2. The van der Waals surface area contributed by atoms with Gasteiger partial charge in [-0.15, -0.1) is 0 Å². The molecule has 0 aliphatic rings. The lowest BCUT2D eigenvalue weighted by Gasteiger charge is -2.18. The second-order valence-corrected chi connectivity index (χ2v) is 5.45. The number of carbonyl (C=O) groups excluding carboxylic acids is 1. The van der Waals surface area contributed by atoms with E-state index < -0.39 is 0 Å². The van der Waals surface area contributed by atoms with Crippen molar-refractivity contribution in [2.75, 3.05) is 14.2 Å². The molecule has 0 spiro atoms. The number of halogens is 2. The van der Waals surface area contributed by atoms with Crippen LogP contribution >= 0.6 is 11.6 Å². The van der Waals surface area contributed by atoms with E-state index in [0.717, 1.165) is 11.1 Å². The highest BCUT2D eigenvalue weighted by Crippen LogP contribution is 2.23. The van der Waals surface area contributed by atoms with Crippen LogP contribution in [0.4, 0.5) is 4.39 Å². The number of hydrogen-bond acceptors (Lipinski definition) is 2. The zero-order chi connectivity index (χ0) is 16.1. The highest BCUT2D eigenvalue weighted by Gasteiger charge is 2.14. The molecule has 0 saturated heterocycles. The van der Waals surface area contributed by atoms with Gasteiger partial charge >= 0.3 is 0 Å². The Morgan fingerprint density at radius 2 is 2.05 bits per heavy atom. The lowest BCUT2D eigenvalue weighted by Crippen LogP contribution is -2.27. The van der Waals surface area contributed by atoms with Gasteiger partial charge in [0, 0.05) is 24.2 Å². The van der Waals surface area contributed by atoms with Crippen LogP contribution in [0.5, 0.6) is 5.75 Å². The lowest BCUT2D eigenvalue weighted by molar-refractivity contribution is -0.129. The van der Waals surface area contributed by atoms with Crippen molar-refractivity contribution in [3.8, 4) is 5.75 Å². The number of benzene rings is 2. The second-order valence-electron chi connectivity index (χ2n) is 5.01. The van der Waals surface area contributed by atoms with E-state index in [1.54, 1.807) is 49.4 Å². The molecule has 0 saturated carbocycles. The number of rotatable bonds is 5. The lowest BCUT2D eigenvalue weighted by atomic mass is 10.1. The molecule has 22 heavy (non-hydrogen) atoms. The summed E-state index contributed by atoms with van der Waals surface area (Å²) in [6.07, 6.45) is 0.176. The summed E-state index contributed by atoms with van der Waals surface area (Å²) in [4.78, 5) is 13.9. The van der Waals surface area contributed by atoms with Gasteiger partial charge < -0.3 is 9.64 Å². The Kier molecular flexibility index (Phi) is 5.39. The smallest absolute Gasteiger partial charge is 0.227 e. The van der Waals surface area contributed by atoms with E-state index in [1.807, 2.05) is 0 Å². The molecule has 3 nitrogen and oxygen atoms in total. The molecule has 0 N–H and O–H groups in total. The fourth-order valence-corrected chi connectivity index (χ4v) is 2.38. The number of methoxy groups -OCH3 is 1. The van der Waals surface area contributed by atoms with Gasteiger partial charge in [-0.3, -0.25) is 4.79 Å².